The van der Waals surface area contributed by atoms with E-state index in [1.807, 2.05) is 0 Å². The summed E-state index contributed by atoms with van der Waals surface area (Å²) in [6, 6.07) is 4.66. The number of hydrogen-bond donors (Lipinski definition) is 1. The molecule has 1 aromatic carbocycles. The van der Waals surface area contributed by atoms with Gasteiger partial charge in [0.1, 0.15) is 16.4 Å². The summed E-state index contributed by atoms with van der Waals surface area (Å²) < 4.78 is 42.0. The van der Waals surface area contributed by atoms with Crippen LogP contribution in [0.15, 0.2) is 23.1 Å². The maximum atomic E-state index is 12.2. The first-order valence-corrected chi connectivity index (χ1v) is 7.74. The van der Waals surface area contributed by atoms with Gasteiger partial charge in [-0.2, -0.15) is 0 Å². The lowest BCUT2D eigenvalue weighted by Crippen LogP contribution is -2.25. The van der Waals surface area contributed by atoms with Gasteiger partial charge in [-0.15, -0.1) is 0 Å². The van der Waals surface area contributed by atoms with Crippen molar-refractivity contribution in [1.82, 2.24) is 4.72 Å². The molecule has 20 heavy (non-hydrogen) atoms. The predicted molar refractivity (Wildman–Crippen MR) is 75.8 cm³/mol. The van der Waals surface area contributed by atoms with Crippen LogP contribution in [0.3, 0.4) is 0 Å². The highest BCUT2D eigenvalue weighted by Crippen LogP contribution is 2.27. The molecule has 0 aromatic heterocycles. The van der Waals surface area contributed by atoms with Gasteiger partial charge in [0.05, 0.1) is 14.2 Å². The van der Waals surface area contributed by atoms with Gasteiger partial charge in [-0.05, 0) is 25.0 Å². The van der Waals surface area contributed by atoms with Crippen LogP contribution in [0.2, 0.25) is 0 Å². The molecule has 0 spiro atoms. The lowest BCUT2D eigenvalue weighted by atomic mass is 10.3. The van der Waals surface area contributed by atoms with Gasteiger partial charge in [0, 0.05) is 26.3 Å². The van der Waals surface area contributed by atoms with Crippen molar-refractivity contribution >= 4 is 10.0 Å². The fourth-order valence-electron chi connectivity index (χ4n) is 1.65. The third-order valence-electron chi connectivity index (χ3n) is 2.73. The number of rotatable bonds is 9. The molecule has 0 saturated carbocycles. The topological polar surface area (TPSA) is 73.9 Å². The standard InChI is InChI=1S/C13H21NO5S/c1-17-9-5-4-8-14-20(15,16)13-10-11(18-2)6-7-12(13)19-3/h6-7,10,14H,4-5,8-9H2,1-3H3. The lowest BCUT2D eigenvalue weighted by molar-refractivity contribution is 0.193. The number of sulfonamides is 1. The summed E-state index contributed by atoms with van der Waals surface area (Å²) in [5.74, 6) is 0.751. The quantitative estimate of drug-likeness (QED) is 0.698. The number of methoxy groups -OCH3 is 3. The van der Waals surface area contributed by atoms with Gasteiger partial charge >= 0.3 is 0 Å². The highest BCUT2D eigenvalue weighted by atomic mass is 32.2. The van der Waals surface area contributed by atoms with Crippen molar-refractivity contribution in [2.75, 3.05) is 34.5 Å². The maximum Gasteiger partial charge on any atom is 0.244 e. The molecule has 0 bridgehead atoms. The minimum Gasteiger partial charge on any atom is -0.497 e. The van der Waals surface area contributed by atoms with Gasteiger partial charge < -0.3 is 14.2 Å². The molecule has 0 aliphatic rings. The average molecular weight is 303 g/mol. The molecule has 6 nitrogen and oxygen atoms in total. The molecule has 1 N–H and O–H groups in total. The molecule has 0 fully saturated rings. The number of ether oxygens (including phenoxy) is 3. The van der Waals surface area contributed by atoms with Crippen molar-refractivity contribution in [3.8, 4) is 11.5 Å². The fourth-order valence-corrected chi connectivity index (χ4v) is 2.91. The molecule has 0 radical (unpaired) electrons. The minimum absolute atomic E-state index is 0.0751. The largest absolute Gasteiger partial charge is 0.497 e. The van der Waals surface area contributed by atoms with Crippen LogP contribution in [-0.4, -0.2) is 42.9 Å². The van der Waals surface area contributed by atoms with Gasteiger partial charge in [-0.25, -0.2) is 13.1 Å². The van der Waals surface area contributed by atoms with Gasteiger partial charge in [-0.1, -0.05) is 0 Å². The molecular formula is C13H21NO5S. The summed E-state index contributed by atoms with van der Waals surface area (Å²) in [6.45, 7) is 0.969. The van der Waals surface area contributed by atoms with Crippen molar-refractivity contribution in [1.29, 1.82) is 0 Å². The van der Waals surface area contributed by atoms with E-state index in [4.69, 9.17) is 14.2 Å². The van der Waals surface area contributed by atoms with E-state index >= 15 is 0 Å². The smallest absolute Gasteiger partial charge is 0.244 e. The van der Waals surface area contributed by atoms with Gasteiger partial charge in [0.2, 0.25) is 10.0 Å². The van der Waals surface area contributed by atoms with Crippen molar-refractivity contribution in [2.24, 2.45) is 0 Å². The monoisotopic (exact) mass is 303 g/mol. The zero-order chi connectivity index (χ0) is 15.0. The summed E-state index contributed by atoms with van der Waals surface area (Å²) in [5, 5.41) is 0. The average Bonchev–Trinajstić information content (AvgIpc) is 2.46. The van der Waals surface area contributed by atoms with Crippen molar-refractivity contribution < 1.29 is 22.6 Å². The maximum absolute atomic E-state index is 12.2. The Morgan fingerprint density at radius 2 is 1.85 bits per heavy atom. The first-order chi connectivity index (χ1) is 9.55. The Morgan fingerprint density at radius 1 is 1.10 bits per heavy atom. The van der Waals surface area contributed by atoms with Crippen molar-refractivity contribution in [3.63, 3.8) is 0 Å². The third kappa shape index (κ3) is 4.66. The molecule has 0 heterocycles. The molecule has 0 saturated heterocycles. The molecule has 0 aliphatic carbocycles. The van der Waals surface area contributed by atoms with Crippen LogP contribution in [0.1, 0.15) is 12.8 Å². The van der Waals surface area contributed by atoms with E-state index in [-0.39, 0.29) is 10.6 Å². The van der Waals surface area contributed by atoms with E-state index in [0.29, 0.717) is 25.3 Å². The van der Waals surface area contributed by atoms with E-state index in [1.165, 1.54) is 20.3 Å². The molecule has 7 heteroatoms. The minimum atomic E-state index is -3.62. The van der Waals surface area contributed by atoms with Gasteiger partial charge in [-0.3, -0.25) is 0 Å². The second-order valence-electron chi connectivity index (χ2n) is 4.11. The van der Waals surface area contributed by atoms with E-state index in [9.17, 15) is 8.42 Å². The summed E-state index contributed by atoms with van der Waals surface area (Å²) in [7, 11) is 0.910. The van der Waals surface area contributed by atoms with Gasteiger partial charge in [0.15, 0.2) is 0 Å². The molecule has 0 aliphatic heterocycles. The number of benzene rings is 1. The Balaban J connectivity index is 2.80. The second kappa shape index (κ2) is 8.08. The van der Waals surface area contributed by atoms with Gasteiger partial charge in [0.25, 0.3) is 0 Å². The lowest BCUT2D eigenvalue weighted by Gasteiger charge is -2.12. The van der Waals surface area contributed by atoms with Crippen LogP contribution >= 0.6 is 0 Å². The highest BCUT2D eigenvalue weighted by Gasteiger charge is 2.19. The summed E-state index contributed by atoms with van der Waals surface area (Å²) in [6.07, 6.45) is 1.51. The molecule has 0 atom stereocenters. The summed E-state index contributed by atoms with van der Waals surface area (Å²) >= 11 is 0. The Bertz CT molecular complexity index is 515. The summed E-state index contributed by atoms with van der Waals surface area (Å²) in [5.41, 5.74) is 0. The van der Waals surface area contributed by atoms with Crippen LogP contribution in [0, 0.1) is 0 Å². The third-order valence-corrected chi connectivity index (χ3v) is 4.21. The SMILES string of the molecule is COCCCCNS(=O)(=O)c1cc(OC)ccc1OC. The molecule has 0 unspecified atom stereocenters. The molecule has 1 rings (SSSR count). The highest BCUT2D eigenvalue weighted by molar-refractivity contribution is 7.89. The zero-order valence-corrected chi connectivity index (χ0v) is 12.8. The Hall–Kier alpha value is -1.31. The molecular weight excluding hydrogens is 282 g/mol. The van der Waals surface area contributed by atoms with E-state index < -0.39 is 10.0 Å². The van der Waals surface area contributed by atoms with E-state index in [1.54, 1.807) is 19.2 Å². The summed E-state index contributed by atoms with van der Waals surface area (Å²) in [4.78, 5) is 0.0751. The Kier molecular flexibility index (Phi) is 6.77. The number of unbranched alkanes of at least 4 members (excludes halogenated alkanes) is 1. The normalized spacial score (nSPS) is 11.3. The van der Waals surface area contributed by atoms with Crippen LogP contribution in [0.5, 0.6) is 11.5 Å². The second-order valence-corrected chi connectivity index (χ2v) is 5.85. The first-order valence-electron chi connectivity index (χ1n) is 6.25. The van der Waals surface area contributed by atoms with Crippen LogP contribution < -0.4 is 14.2 Å². The Morgan fingerprint density at radius 3 is 2.45 bits per heavy atom. The van der Waals surface area contributed by atoms with Crippen LogP contribution in [0.25, 0.3) is 0 Å². The fraction of sp³-hybridized carbons (Fsp3) is 0.538. The Labute approximate surface area is 120 Å². The molecule has 1 aromatic rings. The van der Waals surface area contributed by atoms with E-state index in [2.05, 4.69) is 4.72 Å². The number of hydrogen-bond acceptors (Lipinski definition) is 5. The number of nitrogens with one attached hydrogen (secondary N) is 1. The molecule has 0 amide bonds. The van der Waals surface area contributed by atoms with Crippen molar-refractivity contribution in [2.45, 2.75) is 17.7 Å². The predicted octanol–water partition coefficient (Wildman–Crippen LogP) is 1.41. The van der Waals surface area contributed by atoms with Crippen molar-refractivity contribution in [3.05, 3.63) is 18.2 Å². The van der Waals surface area contributed by atoms with Crippen LogP contribution in [0.4, 0.5) is 0 Å². The zero-order valence-electron chi connectivity index (χ0n) is 12.0. The van der Waals surface area contributed by atoms with E-state index in [0.717, 1.165) is 6.42 Å². The first kappa shape index (κ1) is 16.7. The van der Waals surface area contributed by atoms with Crippen LogP contribution in [-0.2, 0) is 14.8 Å². The molecule has 114 valence electrons.